The Kier molecular flexibility index (Phi) is 9.29. The normalized spacial score (nSPS) is 12.9. The average Bonchev–Trinajstić information content (AvgIpc) is 2.33. The molecule has 0 bridgehead atoms. The van der Waals surface area contributed by atoms with Gasteiger partial charge in [-0.05, 0) is 24.5 Å². The molecule has 0 fully saturated rings. The zero-order chi connectivity index (χ0) is 14.0. The molecule has 1 unspecified atom stereocenters. The fraction of sp³-hybridized carbons (Fsp3) is 0.600. The van der Waals surface area contributed by atoms with Gasteiger partial charge in [0, 0.05) is 13.0 Å². The summed E-state index contributed by atoms with van der Waals surface area (Å²) >= 11 is 0. The van der Waals surface area contributed by atoms with Gasteiger partial charge in [-0.25, -0.2) is 0 Å². The first-order valence-electron chi connectivity index (χ1n) is 6.33. The first-order valence-corrected chi connectivity index (χ1v) is 6.33. The van der Waals surface area contributed by atoms with Crippen LogP contribution in [0.5, 0.6) is 0 Å². The van der Waals surface area contributed by atoms with Crippen molar-refractivity contribution in [3.8, 4) is 0 Å². The van der Waals surface area contributed by atoms with Crippen molar-refractivity contribution >= 4 is 0 Å². The summed E-state index contributed by atoms with van der Waals surface area (Å²) in [6.07, 6.45) is 3.92. The van der Waals surface area contributed by atoms with Gasteiger partial charge in [0.15, 0.2) is 0 Å². The van der Waals surface area contributed by atoms with E-state index in [2.05, 4.69) is 27.0 Å². The highest BCUT2D eigenvalue weighted by Gasteiger charge is 2.05. The predicted octanol–water partition coefficient (Wildman–Crippen LogP) is 4.05. The van der Waals surface area contributed by atoms with E-state index in [-0.39, 0.29) is 12.8 Å². The third-order valence-electron chi connectivity index (χ3n) is 2.25. The zero-order valence-corrected chi connectivity index (χ0v) is 11.7. The summed E-state index contributed by atoms with van der Waals surface area (Å²) in [5, 5.41) is 0. The summed E-state index contributed by atoms with van der Waals surface area (Å²) in [6.45, 7) is 14.5. The standard InChI is InChI=1S/C15H25FO2/c1-12(2)11-18-15(5)13(3)7-8-14(4)17-10-6-9-16/h7-8,12,15H,3-4,6,9-11H2,1-2,5H3/b8-7-. The number of rotatable bonds is 10. The van der Waals surface area contributed by atoms with Gasteiger partial charge in [0.2, 0.25) is 0 Å². The van der Waals surface area contributed by atoms with Crippen LogP contribution in [0, 0.1) is 5.92 Å². The minimum absolute atomic E-state index is 0.0257. The largest absolute Gasteiger partial charge is 0.494 e. The minimum Gasteiger partial charge on any atom is -0.494 e. The molecule has 0 amide bonds. The van der Waals surface area contributed by atoms with Gasteiger partial charge in [-0.2, -0.15) is 0 Å². The Hall–Kier alpha value is -1.09. The van der Waals surface area contributed by atoms with Crippen LogP contribution in [0.4, 0.5) is 4.39 Å². The molecular weight excluding hydrogens is 231 g/mol. The van der Waals surface area contributed by atoms with Crippen LogP contribution < -0.4 is 0 Å². The molecule has 0 saturated carbocycles. The van der Waals surface area contributed by atoms with Crippen molar-refractivity contribution in [1.29, 1.82) is 0 Å². The van der Waals surface area contributed by atoms with E-state index in [4.69, 9.17) is 9.47 Å². The molecule has 0 spiro atoms. The molecule has 0 aliphatic carbocycles. The van der Waals surface area contributed by atoms with Gasteiger partial charge in [0.1, 0.15) is 5.76 Å². The Morgan fingerprint density at radius 1 is 1.22 bits per heavy atom. The van der Waals surface area contributed by atoms with Crippen molar-refractivity contribution in [2.24, 2.45) is 5.92 Å². The Bertz CT molecular complexity index is 282. The van der Waals surface area contributed by atoms with E-state index >= 15 is 0 Å². The second-order valence-corrected chi connectivity index (χ2v) is 4.63. The van der Waals surface area contributed by atoms with Crippen molar-refractivity contribution in [2.75, 3.05) is 19.9 Å². The van der Waals surface area contributed by atoms with Crippen molar-refractivity contribution < 1.29 is 13.9 Å². The SMILES string of the molecule is C=C(/C=C\C(=C)C(C)OCC(C)C)OCCCF. The van der Waals surface area contributed by atoms with E-state index in [9.17, 15) is 4.39 Å². The van der Waals surface area contributed by atoms with Crippen molar-refractivity contribution in [3.05, 3.63) is 36.6 Å². The summed E-state index contributed by atoms with van der Waals surface area (Å²) in [5.74, 6) is 1.02. The zero-order valence-electron chi connectivity index (χ0n) is 11.7. The van der Waals surface area contributed by atoms with E-state index in [1.54, 1.807) is 6.08 Å². The molecule has 0 aromatic carbocycles. The van der Waals surface area contributed by atoms with Crippen LogP contribution in [0.3, 0.4) is 0 Å². The van der Waals surface area contributed by atoms with Crippen molar-refractivity contribution in [2.45, 2.75) is 33.3 Å². The molecule has 18 heavy (non-hydrogen) atoms. The number of hydrogen-bond acceptors (Lipinski definition) is 2. The second kappa shape index (κ2) is 9.89. The molecule has 1 atom stereocenters. The van der Waals surface area contributed by atoms with E-state index < -0.39 is 0 Å². The molecule has 0 N–H and O–H groups in total. The topological polar surface area (TPSA) is 18.5 Å². The fourth-order valence-corrected chi connectivity index (χ4v) is 1.09. The van der Waals surface area contributed by atoms with E-state index in [1.807, 2.05) is 13.0 Å². The van der Waals surface area contributed by atoms with Crippen LogP contribution >= 0.6 is 0 Å². The summed E-state index contributed by atoms with van der Waals surface area (Å²) < 4.78 is 22.7. The molecule has 0 aliphatic rings. The fourth-order valence-electron chi connectivity index (χ4n) is 1.09. The van der Waals surface area contributed by atoms with Gasteiger partial charge < -0.3 is 9.47 Å². The minimum atomic E-state index is -0.371. The molecule has 0 heterocycles. The smallest absolute Gasteiger partial charge is 0.112 e. The predicted molar refractivity (Wildman–Crippen MR) is 74.2 cm³/mol. The summed E-state index contributed by atoms with van der Waals surface area (Å²) in [6, 6.07) is 0. The number of allylic oxidation sites excluding steroid dienone is 1. The molecular formula is C15H25FO2. The Labute approximate surface area is 110 Å². The third kappa shape index (κ3) is 8.99. The number of alkyl halides is 1. The van der Waals surface area contributed by atoms with E-state index in [0.717, 1.165) is 5.57 Å². The maximum atomic E-state index is 11.9. The van der Waals surface area contributed by atoms with Crippen LogP contribution in [-0.2, 0) is 9.47 Å². The van der Waals surface area contributed by atoms with Crippen LogP contribution in [0.1, 0.15) is 27.2 Å². The first-order chi connectivity index (χ1) is 8.47. The van der Waals surface area contributed by atoms with Crippen molar-refractivity contribution in [3.63, 3.8) is 0 Å². The first kappa shape index (κ1) is 16.9. The highest BCUT2D eigenvalue weighted by molar-refractivity contribution is 5.23. The maximum absolute atomic E-state index is 11.9. The van der Waals surface area contributed by atoms with E-state index in [0.29, 0.717) is 31.3 Å². The monoisotopic (exact) mass is 256 g/mol. The lowest BCUT2D eigenvalue weighted by Gasteiger charge is -2.15. The molecule has 3 heteroatoms. The second-order valence-electron chi connectivity index (χ2n) is 4.63. The molecule has 0 radical (unpaired) electrons. The van der Waals surface area contributed by atoms with Crippen molar-refractivity contribution in [1.82, 2.24) is 0 Å². The highest BCUT2D eigenvalue weighted by Crippen LogP contribution is 2.09. The molecule has 104 valence electrons. The lowest BCUT2D eigenvalue weighted by molar-refractivity contribution is 0.0716. The van der Waals surface area contributed by atoms with Gasteiger partial charge >= 0.3 is 0 Å². The summed E-state index contributed by atoms with van der Waals surface area (Å²) in [5.41, 5.74) is 0.867. The van der Waals surface area contributed by atoms with Gasteiger partial charge in [-0.3, -0.25) is 4.39 Å². The summed E-state index contributed by atoms with van der Waals surface area (Å²) in [4.78, 5) is 0. The average molecular weight is 256 g/mol. The Morgan fingerprint density at radius 3 is 2.44 bits per heavy atom. The van der Waals surface area contributed by atoms with Gasteiger partial charge in [0.05, 0.1) is 19.4 Å². The van der Waals surface area contributed by atoms with Crippen LogP contribution in [0.15, 0.2) is 36.6 Å². The van der Waals surface area contributed by atoms with Gasteiger partial charge in [0.25, 0.3) is 0 Å². The molecule has 0 aromatic heterocycles. The third-order valence-corrected chi connectivity index (χ3v) is 2.25. The lowest BCUT2D eigenvalue weighted by atomic mass is 10.1. The Balaban J connectivity index is 3.94. The Morgan fingerprint density at radius 2 is 1.89 bits per heavy atom. The molecule has 2 nitrogen and oxygen atoms in total. The lowest BCUT2D eigenvalue weighted by Crippen LogP contribution is -2.13. The quantitative estimate of drug-likeness (QED) is 0.333. The van der Waals surface area contributed by atoms with E-state index in [1.165, 1.54) is 0 Å². The molecule has 0 aliphatic heterocycles. The highest BCUT2D eigenvalue weighted by atomic mass is 19.1. The molecule has 0 saturated heterocycles. The van der Waals surface area contributed by atoms with Gasteiger partial charge in [-0.15, -0.1) is 0 Å². The number of halogens is 1. The van der Waals surface area contributed by atoms with Crippen LogP contribution in [0.2, 0.25) is 0 Å². The van der Waals surface area contributed by atoms with Crippen LogP contribution in [-0.4, -0.2) is 26.0 Å². The molecule has 0 aromatic rings. The summed E-state index contributed by atoms with van der Waals surface area (Å²) in [7, 11) is 0. The van der Waals surface area contributed by atoms with Gasteiger partial charge in [-0.1, -0.05) is 33.1 Å². The maximum Gasteiger partial charge on any atom is 0.112 e. The van der Waals surface area contributed by atoms with Crippen LogP contribution in [0.25, 0.3) is 0 Å². The number of ether oxygens (including phenoxy) is 2. The molecule has 0 rings (SSSR count). The number of hydrogen-bond donors (Lipinski definition) is 0.